The number of carbonyl (C=O) groups excluding carboxylic acids is 1. The lowest BCUT2D eigenvalue weighted by molar-refractivity contribution is 0.101. The van der Waals surface area contributed by atoms with E-state index in [1.807, 2.05) is 79.4 Å². The van der Waals surface area contributed by atoms with E-state index in [0.29, 0.717) is 22.9 Å². The van der Waals surface area contributed by atoms with E-state index in [-0.39, 0.29) is 5.91 Å². The average molecular weight is 510 g/mol. The standard InChI is InChI=1S/C29H27N5O2S/c1-29(2,31)12-11-19-15-32-27(30)25-20(16-37-26(19)25)17-9-10-21(24(14-17)36-4)33-28(35)23-13-18-7-5-6-8-22(18)34(23)3/h5-10,13-16H,31H2,1-4H3,(H2,30,32)(H,33,35). The van der Waals surface area contributed by atoms with E-state index in [1.165, 1.54) is 0 Å². The van der Waals surface area contributed by atoms with Crippen LogP contribution in [0.2, 0.25) is 0 Å². The third kappa shape index (κ3) is 4.62. The van der Waals surface area contributed by atoms with Gasteiger partial charge in [0.2, 0.25) is 0 Å². The van der Waals surface area contributed by atoms with Crippen LogP contribution in [0.15, 0.2) is 60.1 Å². The number of thiophene rings is 1. The third-order valence-electron chi connectivity index (χ3n) is 6.09. The average Bonchev–Trinajstić information content (AvgIpc) is 3.46. The van der Waals surface area contributed by atoms with Crippen LogP contribution in [0.1, 0.15) is 29.9 Å². The lowest BCUT2D eigenvalue weighted by Crippen LogP contribution is -2.29. The summed E-state index contributed by atoms with van der Waals surface area (Å²) in [5.74, 6) is 6.95. The Kier molecular flexibility index (Phi) is 6.12. The lowest BCUT2D eigenvalue weighted by Gasteiger charge is -2.13. The second-order valence-corrected chi connectivity index (χ2v) is 10.3. The zero-order valence-corrected chi connectivity index (χ0v) is 21.9. The summed E-state index contributed by atoms with van der Waals surface area (Å²) >= 11 is 1.55. The number of para-hydroxylation sites is 1. The molecule has 0 saturated heterocycles. The van der Waals surface area contributed by atoms with Gasteiger partial charge in [-0.15, -0.1) is 11.3 Å². The van der Waals surface area contributed by atoms with Crippen molar-refractivity contribution in [2.45, 2.75) is 19.4 Å². The van der Waals surface area contributed by atoms with E-state index >= 15 is 0 Å². The number of pyridine rings is 1. The Morgan fingerprint density at radius 3 is 2.70 bits per heavy atom. The molecule has 3 heterocycles. The van der Waals surface area contributed by atoms with Crippen molar-refractivity contribution in [2.24, 2.45) is 12.8 Å². The highest BCUT2D eigenvalue weighted by Gasteiger charge is 2.18. The highest BCUT2D eigenvalue weighted by Crippen LogP contribution is 2.40. The molecule has 0 aliphatic carbocycles. The SMILES string of the molecule is COc1cc(-c2csc3c(C#CC(C)(C)N)cnc(N)c23)ccc1NC(=O)c1cc2ccccc2n1C. The first-order chi connectivity index (χ1) is 17.7. The summed E-state index contributed by atoms with van der Waals surface area (Å²) in [5.41, 5.74) is 16.4. The topological polar surface area (TPSA) is 108 Å². The summed E-state index contributed by atoms with van der Waals surface area (Å²) in [5, 5.41) is 6.86. The van der Waals surface area contributed by atoms with Crippen molar-refractivity contribution in [3.8, 4) is 28.7 Å². The molecule has 0 unspecified atom stereocenters. The van der Waals surface area contributed by atoms with Crippen LogP contribution in [0.25, 0.3) is 32.1 Å². The second kappa shape index (κ2) is 9.28. The van der Waals surface area contributed by atoms with Crippen LogP contribution in [0, 0.1) is 11.8 Å². The van der Waals surface area contributed by atoms with E-state index in [4.69, 9.17) is 16.2 Å². The van der Waals surface area contributed by atoms with Gasteiger partial charge in [-0.2, -0.15) is 0 Å². The largest absolute Gasteiger partial charge is 0.495 e. The summed E-state index contributed by atoms with van der Waals surface area (Å²) in [6.07, 6.45) is 1.68. The molecule has 0 bridgehead atoms. The molecule has 186 valence electrons. The summed E-state index contributed by atoms with van der Waals surface area (Å²) in [7, 11) is 3.46. The van der Waals surface area contributed by atoms with Gasteiger partial charge in [0.15, 0.2) is 0 Å². The Labute approximate surface area is 219 Å². The molecule has 0 spiro atoms. The zero-order valence-electron chi connectivity index (χ0n) is 21.0. The normalized spacial score (nSPS) is 11.4. The minimum atomic E-state index is -0.617. The maximum absolute atomic E-state index is 13.1. The first-order valence-electron chi connectivity index (χ1n) is 11.7. The van der Waals surface area contributed by atoms with Crippen molar-refractivity contribution in [3.05, 3.63) is 71.4 Å². The molecule has 5 N–H and O–H groups in total. The van der Waals surface area contributed by atoms with Crippen LogP contribution < -0.4 is 21.5 Å². The summed E-state index contributed by atoms with van der Waals surface area (Å²) in [4.78, 5) is 17.5. The fraction of sp³-hybridized carbons (Fsp3) is 0.172. The molecular weight excluding hydrogens is 482 g/mol. The molecule has 7 nitrogen and oxygen atoms in total. The zero-order chi connectivity index (χ0) is 26.3. The lowest BCUT2D eigenvalue weighted by atomic mass is 10.0. The molecule has 2 aromatic carbocycles. The Morgan fingerprint density at radius 2 is 1.97 bits per heavy atom. The van der Waals surface area contributed by atoms with Crippen molar-refractivity contribution in [3.63, 3.8) is 0 Å². The molecule has 8 heteroatoms. The predicted molar refractivity (Wildman–Crippen MR) is 152 cm³/mol. The van der Waals surface area contributed by atoms with Crippen molar-refractivity contribution in [1.29, 1.82) is 0 Å². The van der Waals surface area contributed by atoms with E-state index in [2.05, 4.69) is 22.1 Å². The van der Waals surface area contributed by atoms with Crippen LogP contribution in [0.3, 0.4) is 0 Å². The number of aromatic nitrogens is 2. The molecule has 37 heavy (non-hydrogen) atoms. The Balaban J connectivity index is 1.50. The fourth-order valence-corrected chi connectivity index (χ4v) is 5.31. The van der Waals surface area contributed by atoms with Gasteiger partial charge in [0.1, 0.15) is 17.3 Å². The number of benzene rings is 2. The molecule has 5 rings (SSSR count). The molecule has 3 aromatic heterocycles. The molecule has 0 aliphatic heterocycles. The highest BCUT2D eigenvalue weighted by molar-refractivity contribution is 7.18. The number of methoxy groups -OCH3 is 1. The molecular formula is C29H27N5O2S. The Bertz CT molecular complexity index is 1730. The van der Waals surface area contributed by atoms with Gasteiger partial charge in [-0.1, -0.05) is 36.1 Å². The molecule has 0 fully saturated rings. The van der Waals surface area contributed by atoms with Gasteiger partial charge in [0.05, 0.1) is 28.6 Å². The van der Waals surface area contributed by atoms with Crippen LogP contribution in [-0.2, 0) is 7.05 Å². The maximum Gasteiger partial charge on any atom is 0.272 e. The number of nitrogens with zero attached hydrogens (tertiary/aromatic N) is 2. The summed E-state index contributed by atoms with van der Waals surface area (Å²) in [6.45, 7) is 3.71. The highest BCUT2D eigenvalue weighted by atomic mass is 32.1. The van der Waals surface area contributed by atoms with Crippen LogP contribution in [-0.4, -0.2) is 28.1 Å². The number of nitrogens with one attached hydrogen (secondary N) is 1. The van der Waals surface area contributed by atoms with E-state index in [1.54, 1.807) is 24.6 Å². The summed E-state index contributed by atoms with van der Waals surface area (Å²) in [6, 6.07) is 15.4. The number of ether oxygens (including phenoxy) is 1. The van der Waals surface area contributed by atoms with Gasteiger partial charge < -0.3 is 26.1 Å². The molecule has 1 amide bonds. The maximum atomic E-state index is 13.1. The third-order valence-corrected chi connectivity index (χ3v) is 7.10. The van der Waals surface area contributed by atoms with Gasteiger partial charge in [0.25, 0.3) is 5.91 Å². The number of amides is 1. The van der Waals surface area contributed by atoms with E-state index < -0.39 is 5.54 Å². The monoisotopic (exact) mass is 509 g/mol. The fourth-order valence-electron chi connectivity index (χ4n) is 4.25. The van der Waals surface area contributed by atoms with Gasteiger partial charge in [0, 0.05) is 35.1 Å². The minimum Gasteiger partial charge on any atom is -0.495 e. The number of hydrogen-bond acceptors (Lipinski definition) is 6. The number of hydrogen-bond donors (Lipinski definition) is 3. The van der Waals surface area contributed by atoms with Crippen molar-refractivity contribution < 1.29 is 9.53 Å². The predicted octanol–water partition coefficient (Wildman–Crippen LogP) is 5.39. The molecule has 0 saturated carbocycles. The van der Waals surface area contributed by atoms with Crippen molar-refractivity contribution in [1.82, 2.24) is 9.55 Å². The number of carbonyl (C=O) groups is 1. The van der Waals surface area contributed by atoms with Crippen LogP contribution >= 0.6 is 11.3 Å². The molecule has 0 radical (unpaired) electrons. The first kappa shape index (κ1) is 24.4. The first-order valence-corrected chi connectivity index (χ1v) is 12.6. The number of rotatable bonds is 4. The number of fused-ring (bicyclic) bond motifs is 2. The van der Waals surface area contributed by atoms with Crippen molar-refractivity contribution in [2.75, 3.05) is 18.2 Å². The molecule has 0 aliphatic rings. The Morgan fingerprint density at radius 1 is 1.19 bits per heavy atom. The minimum absolute atomic E-state index is 0.217. The van der Waals surface area contributed by atoms with Crippen LogP contribution in [0.5, 0.6) is 5.75 Å². The van der Waals surface area contributed by atoms with E-state index in [9.17, 15) is 4.79 Å². The number of nitrogens with two attached hydrogens (primary N) is 2. The van der Waals surface area contributed by atoms with Gasteiger partial charge in [-0.3, -0.25) is 4.79 Å². The van der Waals surface area contributed by atoms with Gasteiger partial charge >= 0.3 is 0 Å². The number of aryl methyl sites for hydroxylation is 1. The second-order valence-electron chi connectivity index (χ2n) is 9.40. The quantitative estimate of drug-likeness (QED) is 0.282. The van der Waals surface area contributed by atoms with Crippen LogP contribution in [0.4, 0.5) is 11.5 Å². The Hall–Kier alpha value is -4.32. The van der Waals surface area contributed by atoms with Gasteiger partial charge in [-0.25, -0.2) is 4.98 Å². The summed E-state index contributed by atoms with van der Waals surface area (Å²) < 4.78 is 8.48. The number of nitrogen functional groups attached to an aromatic ring is 1. The van der Waals surface area contributed by atoms with Crippen molar-refractivity contribution >= 4 is 49.7 Å². The number of anilines is 2. The van der Waals surface area contributed by atoms with E-state index in [0.717, 1.165) is 37.7 Å². The van der Waals surface area contributed by atoms with Gasteiger partial charge in [-0.05, 0) is 49.1 Å². The smallest absolute Gasteiger partial charge is 0.272 e. The molecule has 0 atom stereocenters. The molecule has 5 aromatic rings.